The summed E-state index contributed by atoms with van der Waals surface area (Å²) in [5.41, 5.74) is 1.16. The Morgan fingerprint density at radius 1 is 1.04 bits per heavy atom. The molecule has 1 unspecified atom stereocenters. The lowest BCUT2D eigenvalue weighted by molar-refractivity contribution is 0.0369. The van der Waals surface area contributed by atoms with Crippen LogP contribution < -0.4 is 5.32 Å². The monoisotopic (exact) mass is 336 g/mol. The van der Waals surface area contributed by atoms with Gasteiger partial charge in [0, 0.05) is 17.0 Å². The Kier molecular flexibility index (Phi) is 4.61. The minimum Gasteiger partial charge on any atom is -0.439 e. The summed E-state index contributed by atoms with van der Waals surface area (Å²) in [5, 5.41) is 3.52. The Balaban J connectivity index is 1.91. The highest BCUT2D eigenvalue weighted by Gasteiger charge is 2.32. The van der Waals surface area contributed by atoms with E-state index in [0.717, 1.165) is 10.9 Å². The van der Waals surface area contributed by atoms with Gasteiger partial charge in [0.25, 0.3) is 0 Å². The second-order valence-corrected chi connectivity index (χ2v) is 6.77. The van der Waals surface area contributed by atoms with Crippen molar-refractivity contribution < 1.29 is 9.53 Å². The predicted molar refractivity (Wildman–Crippen MR) is 96.1 cm³/mol. The first-order valence-corrected chi connectivity index (χ1v) is 8.03. The second-order valence-electron chi connectivity index (χ2n) is 6.77. The van der Waals surface area contributed by atoms with Gasteiger partial charge < -0.3 is 4.74 Å². The van der Waals surface area contributed by atoms with E-state index in [1.165, 1.54) is 6.33 Å². The van der Waals surface area contributed by atoms with Gasteiger partial charge in [-0.2, -0.15) is 0 Å². The summed E-state index contributed by atoms with van der Waals surface area (Å²) in [5.74, 6) is 0.438. The molecule has 6 heteroatoms. The molecule has 128 valence electrons. The molecule has 0 aliphatic carbocycles. The molecular formula is C19H20N4O2. The van der Waals surface area contributed by atoms with Gasteiger partial charge in [-0.1, -0.05) is 45.0 Å². The van der Waals surface area contributed by atoms with Crippen molar-refractivity contribution >= 4 is 22.8 Å². The first-order valence-electron chi connectivity index (χ1n) is 8.03. The SMILES string of the molecule is CC(C)(C)C(OC(=O)Nc1ccccn1)c1ncnc2ccccc12. The van der Waals surface area contributed by atoms with Crippen molar-refractivity contribution in [2.24, 2.45) is 5.41 Å². The fraction of sp³-hybridized carbons (Fsp3) is 0.263. The number of nitrogens with one attached hydrogen (secondary N) is 1. The van der Waals surface area contributed by atoms with Gasteiger partial charge in [0.2, 0.25) is 0 Å². The lowest BCUT2D eigenvalue weighted by atomic mass is 9.85. The Morgan fingerprint density at radius 3 is 2.52 bits per heavy atom. The van der Waals surface area contributed by atoms with Crippen molar-refractivity contribution in [2.45, 2.75) is 26.9 Å². The number of ether oxygens (including phenoxy) is 1. The maximum Gasteiger partial charge on any atom is 0.413 e. The lowest BCUT2D eigenvalue weighted by Crippen LogP contribution is -2.27. The number of hydrogen-bond donors (Lipinski definition) is 1. The number of anilines is 1. The molecule has 2 aromatic heterocycles. The van der Waals surface area contributed by atoms with Crippen LogP contribution in [0.2, 0.25) is 0 Å². The van der Waals surface area contributed by atoms with Crippen LogP contribution in [0.15, 0.2) is 55.0 Å². The van der Waals surface area contributed by atoms with Crippen molar-refractivity contribution in [3.8, 4) is 0 Å². The molecule has 6 nitrogen and oxygen atoms in total. The van der Waals surface area contributed by atoms with E-state index in [1.807, 2.05) is 45.0 Å². The Hall–Kier alpha value is -3.02. The number of carbonyl (C=O) groups is 1. The van der Waals surface area contributed by atoms with E-state index in [-0.39, 0.29) is 5.41 Å². The molecule has 0 aliphatic rings. The number of aromatic nitrogens is 3. The van der Waals surface area contributed by atoms with Gasteiger partial charge in [-0.3, -0.25) is 5.32 Å². The smallest absolute Gasteiger partial charge is 0.413 e. The van der Waals surface area contributed by atoms with E-state index in [9.17, 15) is 4.79 Å². The highest BCUT2D eigenvalue weighted by molar-refractivity contribution is 5.84. The highest BCUT2D eigenvalue weighted by Crippen LogP contribution is 2.37. The quantitative estimate of drug-likeness (QED) is 0.769. The second kappa shape index (κ2) is 6.84. The van der Waals surface area contributed by atoms with Crippen LogP contribution in [0.3, 0.4) is 0 Å². The minimum absolute atomic E-state index is 0.349. The number of rotatable bonds is 3. The summed E-state index contributed by atoms with van der Waals surface area (Å²) in [7, 11) is 0. The van der Waals surface area contributed by atoms with E-state index >= 15 is 0 Å². The van der Waals surface area contributed by atoms with Crippen LogP contribution in [0.4, 0.5) is 10.6 Å². The van der Waals surface area contributed by atoms with E-state index in [0.29, 0.717) is 11.5 Å². The number of hydrogen-bond acceptors (Lipinski definition) is 5. The molecule has 1 aromatic carbocycles. The maximum absolute atomic E-state index is 12.4. The van der Waals surface area contributed by atoms with Crippen LogP contribution in [-0.4, -0.2) is 21.0 Å². The number of carbonyl (C=O) groups excluding carboxylic acids is 1. The zero-order chi connectivity index (χ0) is 17.9. The lowest BCUT2D eigenvalue weighted by Gasteiger charge is -2.30. The third-order valence-corrected chi connectivity index (χ3v) is 3.73. The van der Waals surface area contributed by atoms with Crippen LogP contribution in [0, 0.1) is 5.41 Å². The van der Waals surface area contributed by atoms with Gasteiger partial charge in [0.15, 0.2) is 6.10 Å². The van der Waals surface area contributed by atoms with Crippen LogP contribution in [0.25, 0.3) is 10.9 Å². The molecule has 1 atom stereocenters. The number of nitrogens with zero attached hydrogens (tertiary/aromatic N) is 3. The topological polar surface area (TPSA) is 77.0 Å². The van der Waals surface area contributed by atoms with Crippen molar-refractivity contribution in [1.82, 2.24) is 15.0 Å². The number of amides is 1. The van der Waals surface area contributed by atoms with Crippen molar-refractivity contribution in [2.75, 3.05) is 5.32 Å². The standard InChI is InChI=1S/C19H20N4O2/c1-19(2,3)17(25-18(24)23-15-10-6-7-11-20-15)16-13-8-4-5-9-14(13)21-12-22-16/h4-12,17H,1-3H3,(H,20,23,24). The summed E-state index contributed by atoms with van der Waals surface area (Å²) in [4.78, 5) is 25.1. The van der Waals surface area contributed by atoms with Gasteiger partial charge in [0.1, 0.15) is 12.1 Å². The summed E-state index contributed by atoms with van der Waals surface area (Å²) in [6.45, 7) is 6.01. The first-order chi connectivity index (χ1) is 11.9. The van der Waals surface area contributed by atoms with Gasteiger partial charge in [-0.25, -0.2) is 19.7 Å². The van der Waals surface area contributed by atoms with Crippen molar-refractivity contribution in [3.05, 3.63) is 60.7 Å². The molecule has 0 bridgehead atoms. The average Bonchev–Trinajstić information content (AvgIpc) is 2.59. The largest absolute Gasteiger partial charge is 0.439 e. The van der Waals surface area contributed by atoms with Crippen LogP contribution >= 0.6 is 0 Å². The summed E-state index contributed by atoms with van der Waals surface area (Å²) in [6, 6.07) is 13.0. The van der Waals surface area contributed by atoms with Gasteiger partial charge in [0.05, 0.1) is 11.2 Å². The number of para-hydroxylation sites is 1. The molecule has 1 N–H and O–H groups in total. The van der Waals surface area contributed by atoms with Gasteiger partial charge >= 0.3 is 6.09 Å². The number of fused-ring (bicyclic) bond motifs is 1. The molecule has 0 aliphatic heterocycles. The molecule has 0 saturated heterocycles. The molecule has 0 radical (unpaired) electrons. The molecule has 0 fully saturated rings. The van der Waals surface area contributed by atoms with Gasteiger partial charge in [-0.15, -0.1) is 0 Å². The van der Waals surface area contributed by atoms with E-state index in [4.69, 9.17) is 4.74 Å². The summed E-state index contributed by atoms with van der Waals surface area (Å²) in [6.07, 6.45) is 2.00. The van der Waals surface area contributed by atoms with Crippen LogP contribution in [0.1, 0.15) is 32.6 Å². The molecule has 0 saturated carbocycles. The molecule has 0 spiro atoms. The van der Waals surface area contributed by atoms with Crippen LogP contribution in [0.5, 0.6) is 0 Å². The fourth-order valence-corrected chi connectivity index (χ4v) is 2.56. The Labute approximate surface area is 146 Å². The van der Waals surface area contributed by atoms with E-state index in [2.05, 4.69) is 20.3 Å². The highest BCUT2D eigenvalue weighted by atomic mass is 16.6. The third-order valence-electron chi connectivity index (χ3n) is 3.73. The van der Waals surface area contributed by atoms with E-state index < -0.39 is 12.2 Å². The zero-order valence-corrected chi connectivity index (χ0v) is 14.4. The Morgan fingerprint density at radius 2 is 1.80 bits per heavy atom. The zero-order valence-electron chi connectivity index (χ0n) is 14.4. The molecule has 1 amide bonds. The molecule has 25 heavy (non-hydrogen) atoms. The van der Waals surface area contributed by atoms with Gasteiger partial charge in [-0.05, 0) is 18.2 Å². The molecule has 3 rings (SSSR count). The van der Waals surface area contributed by atoms with Crippen molar-refractivity contribution in [3.63, 3.8) is 0 Å². The van der Waals surface area contributed by atoms with Crippen LogP contribution in [-0.2, 0) is 4.74 Å². The van der Waals surface area contributed by atoms with Crippen molar-refractivity contribution in [1.29, 1.82) is 0 Å². The number of pyridine rings is 1. The maximum atomic E-state index is 12.4. The Bertz CT molecular complexity index is 870. The van der Waals surface area contributed by atoms with E-state index in [1.54, 1.807) is 24.4 Å². The number of benzene rings is 1. The average molecular weight is 336 g/mol. The fourth-order valence-electron chi connectivity index (χ4n) is 2.56. The molecular weight excluding hydrogens is 316 g/mol. The first kappa shape index (κ1) is 16.8. The third kappa shape index (κ3) is 3.91. The molecule has 3 aromatic rings. The summed E-state index contributed by atoms with van der Waals surface area (Å²) < 4.78 is 5.73. The molecule has 2 heterocycles. The predicted octanol–water partition coefficient (Wildman–Crippen LogP) is 4.36. The summed E-state index contributed by atoms with van der Waals surface area (Å²) >= 11 is 0. The normalized spacial score (nSPS) is 12.6. The minimum atomic E-state index is -0.568.